The Morgan fingerprint density at radius 1 is 1.06 bits per heavy atom. The summed E-state index contributed by atoms with van der Waals surface area (Å²) in [4.78, 5) is 20.0. The summed E-state index contributed by atoms with van der Waals surface area (Å²) in [6, 6.07) is 17.9. The topological polar surface area (TPSA) is 94.7 Å². The first-order valence-electron chi connectivity index (χ1n) is 11.4. The standard InChI is InChI=1S/C27H26N2O5/c1-32-20-11-8-18(9-12-20)24-25-22(14-17-7-10-21(13-17)33-15-23(30)31)28-16-29-27(25)34-26(24)19-5-3-2-4-6-19/h2-6,8-9,11-12,16-17,21H,7,10,13-15H2,1H3,(H,30,31)/t17-,21+/m1/s1. The number of aromatic nitrogens is 2. The molecule has 2 aromatic heterocycles. The molecule has 1 saturated carbocycles. The Kier molecular flexibility index (Phi) is 6.27. The van der Waals surface area contributed by atoms with E-state index in [1.807, 2.05) is 54.6 Å². The van der Waals surface area contributed by atoms with Gasteiger partial charge in [0.2, 0.25) is 5.71 Å². The van der Waals surface area contributed by atoms with Crippen LogP contribution in [-0.4, -0.2) is 40.9 Å². The number of carboxylic acid groups (broad SMARTS) is 1. The van der Waals surface area contributed by atoms with Crippen LogP contribution < -0.4 is 4.74 Å². The number of ether oxygens (including phenoxy) is 2. The van der Waals surface area contributed by atoms with E-state index in [9.17, 15) is 4.79 Å². The Morgan fingerprint density at radius 3 is 2.59 bits per heavy atom. The molecule has 2 atom stereocenters. The van der Waals surface area contributed by atoms with E-state index in [1.54, 1.807) is 13.4 Å². The Morgan fingerprint density at radius 2 is 1.85 bits per heavy atom. The van der Waals surface area contributed by atoms with E-state index in [0.29, 0.717) is 11.6 Å². The lowest BCUT2D eigenvalue weighted by Gasteiger charge is -2.12. The highest BCUT2D eigenvalue weighted by Gasteiger charge is 2.29. The molecule has 5 rings (SSSR count). The summed E-state index contributed by atoms with van der Waals surface area (Å²) in [5.74, 6) is 0.969. The molecule has 1 aliphatic rings. The fourth-order valence-electron chi connectivity index (χ4n) is 4.80. The number of rotatable bonds is 8. The van der Waals surface area contributed by atoms with Gasteiger partial charge in [-0.25, -0.2) is 14.8 Å². The van der Waals surface area contributed by atoms with Crippen molar-refractivity contribution in [3.05, 3.63) is 66.6 Å². The van der Waals surface area contributed by atoms with Gasteiger partial charge >= 0.3 is 5.97 Å². The van der Waals surface area contributed by atoms with Crippen LogP contribution in [0, 0.1) is 5.92 Å². The van der Waals surface area contributed by atoms with Crippen molar-refractivity contribution in [3.8, 4) is 28.2 Å². The molecule has 0 spiro atoms. The van der Waals surface area contributed by atoms with Crippen LogP contribution in [-0.2, 0) is 16.0 Å². The molecule has 0 bridgehead atoms. The highest BCUT2D eigenvalue weighted by Crippen LogP contribution is 2.42. The second kappa shape index (κ2) is 9.65. The van der Waals surface area contributed by atoms with E-state index in [2.05, 4.69) is 9.97 Å². The van der Waals surface area contributed by atoms with Crippen LogP contribution in [0.3, 0.4) is 0 Å². The Balaban J connectivity index is 1.55. The Bertz CT molecular complexity index is 1280. The molecule has 7 heteroatoms. The number of furan rings is 1. The largest absolute Gasteiger partial charge is 0.497 e. The minimum atomic E-state index is -0.933. The van der Waals surface area contributed by atoms with Gasteiger partial charge in [-0.3, -0.25) is 0 Å². The molecule has 2 aromatic carbocycles. The highest BCUT2D eigenvalue weighted by molar-refractivity contribution is 6.01. The van der Waals surface area contributed by atoms with Crippen LogP contribution in [0.1, 0.15) is 25.0 Å². The van der Waals surface area contributed by atoms with Gasteiger partial charge in [-0.2, -0.15) is 0 Å². The zero-order valence-electron chi connectivity index (χ0n) is 18.9. The minimum absolute atomic E-state index is 0.0243. The van der Waals surface area contributed by atoms with Crippen molar-refractivity contribution < 1.29 is 23.8 Å². The molecule has 174 valence electrons. The molecule has 0 radical (unpaired) electrons. The van der Waals surface area contributed by atoms with E-state index >= 15 is 0 Å². The van der Waals surface area contributed by atoms with Gasteiger partial charge in [0.25, 0.3) is 0 Å². The predicted octanol–water partition coefficient (Wildman–Crippen LogP) is 5.38. The number of carboxylic acids is 1. The summed E-state index contributed by atoms with van der Waals surface area (Å²) in [5.41, 5.74) is 4.44. The van der Waals surface area contributed by atoms with Crippen molar-refractivity contribution >= 4 is 17.1 Å². The average Bonchev–Trinajstić information content (AvgIpc) is 3.48. The summed E-state index contributed by atoms with van der Waals surface area (Å²) in [7, 11) is 1.65. The van der Waals surface area contributed by atoms with Gasteiger partial charge in [0.1, 0.15) is 24.4 Å². The third-order valence-corrected chi connectivity index (χ3v) is 6.40. The van der Waals surface area contributed by atoms with E-state index in [-0.39, 0.29) is 12.7 Å². The number of fused-ring (bicyclic) bond motifs is 1. The third kappa shape index (κ3) is 4.52. The monoisotopic (exact) mass is 458 g/mol. The zero-order valence-corrected chi connectivity index (χ0v) is 18.9. The molecule has 4 aromatic rings. The van der Waals surface area contributed by atoms with Crippen LogP contribution in [0.2, 0.25) is 0 Å². The molecule has 7 nitrogen and oxygen atoms in total. The first-order chi connectivity index (χ1) is 16.6. The van der Waals surface area contributed by atoms with E-state index < -0.39 is 5.97 Å². The lowest BCUT2D eigenvalue weighted by atomic mass is 9.94. The van der Waals surface area contributed by atoms with Crippen LogP contribution in [0.15, 0.2) is 65.3 Å². The molecular formula is C27H26N2O5. The van der Waals surface area contributed by atoms with Gasteiger partial charge in [-0.15, -0.1) is 0 Å². The summed E-state index contributed by atoms with van der Waals surface area (Å²) in [5, 5.41) is 9.82. The van der Waals surface area contributed by atoms with Gasteiger partial charge in [-0.1, -0.05) is 42.5 Å². The average molecular weight is 459 g/mol. The fourth-order valence-corrected chi connectivity index (χ4v) is 4.80. The van der Waals surface area contributed by atoms with Gasteiger partial charge < -0.3 is 19.0 Å². The Labute approximate surface area is 197 Å². The smallest absolute Gasteiger partial charge is 0.329 e. The highest BCUT2D eigenvalue weighted by atomic mass is 16.5. The first-order valence-corrected chi connectivity index (χ1v) is 11.4. The van der Waals surface area contributed by atoms with Gasteiger partial charge in [-0.05, 0) is 49.3 Å². The maximum Gasteiger partial charge on any atom is 0.329 e. The molecule has 1 N–H and O–H groups in total. The van der Waals surface area contributed by atoms with Crippen molar-refractivity contribution in [1.82, 2.24) is 9.97 Å². The molecule has 2 heterocycles. The van der Waals surface area contributed by atoms with Crippen LogP contribution >= 0.6 is 0 Å². The Hall–Kier alpha value is -3.71. The van der Waals surface area contributed by atoms with E-state index in [1.165, 1.54) is 0 Å². The van der Waals surface area contributed by atoms with Gasteiger partial charge in [0, 0.05) is 11.1 Å². The maximum atomic E-state index is 10.8. The maximum absolute atomic E-state index is 10.8. The molecular weight excluding hydrogens is 432 g/mol. The molecule has 1 aliphatic carbocycles. The third-order valence-electron chi connectivity index (χ3n) is 6.40. The lowest BCUT2D eigenvalue weighted by molar-refractivity contribution is -0.144. The molecule has 0 unspecified atom stereocenters. The molecule has 0 aliphatic heterocycles. The fraction of sp³-hybridized carbons (Fsp3) is 0.296. The minimum Gasteiger partial charge on any atom is -0.497 e. The molecule has 0 amide bonds. The predicted molar refractivity (Wildman–Crippen MR) is 128 cm³/mol. The summed E-state index contributed by atoms with van der Waals surface area (Å²) in [6.07, 6.45) is 4.93. The normalized spacial score (nSPS) is 17.8. The molecule has 34 heavy (non-hydrogen) atoms. The van der Waals surface area contributed by atoms with Gasteiger partial charge in [0.05, 0.1) is 24.3 Å². The molecule has 0 saturated heterocycles. The van der Waals surface area contributed by atoms with Crippen molar-refractivity contribution in [2.45, 2.75) is 31.8 Å². The quantitative estimate of drug-likeness (QED) is 0.379. The lowest BCUT2D eigenvalue weighted by Crippen LogP contribution is -2.15. The van der Waals surface area contributed by atoms with Crippen molar-refractivity contribution in [2.24, 2.45) is 5.92 Å². The van der Waals surface area contributed by atoms with Crippen molar-refractivity contribution in [1.29, 1.82) is 0 Å². The number of hydrogen-bond donors (Lipinski definition) is 1. The summed E-state index contributed by atoms with van der Waals surface area (Å²) >= 11 is 0. The van der Waals surface area contributed by atoms with Crippen molar-refractivity contribution in [2.75, 3.05) is 13.7 Å². The van der Waals surface area contributed by atoms with Gasteiger partial charge in [0.15, 0.2) is 0 Å². The van der Waals surface area contributed by atoms with Crippen molar-refractivity contribution in [3.63, 3.8) is 0 Å². The number of benzene rings is 2. The van der Waals surface area contributed by atoms with E-state index in [0.717, 1.165) is 65.0 Å². The van der Waals surface area contributed by atoms with Crippen LogP contribution in [0.25, 0.3) is 33.6 Å². The summed E-state index contributed by atoms with van der Waals surface area (Å²) < 4.78 is 17.2. The number of methoxy groups -OCH3 is 1. The number of carbonyl (C=O) groups is 1. The number of nitrogens with zero attached hydrogens (tertiary/aromatic N) is 2. The number of hydrogen-bond acceptors (Lipinski definition) is 6. The van der Waals surface area contributed by atoms with Crippen LogP contribution in [0.5, 0.6) is 5.75 Å². The zero-order chi connectivity index (χ0) is 23.5. The molecule has 1 fully saturated rings. The second-order valence-electron chi connectivity index (χ2n) is 8.61. The number of aliphatic carboxylic acids is 1. The second-order valence-corrected chi connectivity index (χ2v) is 8.61. The SMILES string of the molecule is COc1ccc(-c2c(-c3ccccc3)oc3ncnc(C[C@@H]4CC[C@H](OCC(=O)O)C4)c23)cc1. The first kappa shape index (κ1) is 22.1. The van der Waals surface area contributed by atoms with E-state index in [4.69, 9.17) is 19.0 Å². The van der Waals surface area contributed by atoms with Crippen LogP contribution in [0.4, 0.5) is 0 Å². The summed E-state index contributed by atoms with van der Waals surface area (Å²) in [6.45, 7) is -0.251.